The van der Waals surface area contributed by atoms with Crippen LogP contribution in [0.1, 0.15) is 39.0 Å². The van der Waals surface area contributed by atoms with Gasteiger partial charge < -0.3 is 10.2 Å². The number of thioether (sulfide) groups is 1. The molecule has 1 heterocycles. The summed E-state index contributed by atoms with van der Waals surface area (Å²) in [4.78, 5) is 26.9. The maximum atomic E-state index is 12.3. The van der Waals surface area contributed by atoms with Gasteiger partial charge in [-0.15, -0.1) is 11.8 Å². The standard InChI is InChI=1S/C18H23N3O2S/c1-14(10-11-19)24-16-8-5-4-7-15(16)20-17(22)13-21-12-6-2-3-9-18(21)23/h4-5,7-8,14H,2-3,6,9-10,12-13H2,1H3,(H,20,22)/t14-/m0/s1. The Labute approximate surface area is 147 Å². The summed E-state index contributed by atoms with van der Waals surface area (Å²) in [6.07, 6.45) is 3.89. The molecule has 2 amide bonds. The van der Waals surface area contributed by atoms with E-state index in [0.29, 0.717) is 19.4 Å². The number of nitrogens with zero attached hydrogens (tertiary/aromatic N) is 2. The molecule has 1 atom stereocenters. The maximum Gasteiger partial charge on any atom is 0.244 e. The number of carbonyl (C=O) groups is 2. The predicted molar refractivity (Wildman–Crippen MR) is 95.7 cm³/mol. The molecule has 0 spiro atoms. The second-order valence-electron chi connectivity index (χ2n) is 5.96. The molecule has 24 heavy (non-hydrogen) atoms. The fourth-order valence-electron chi connectivity index (χ4n) is 2.63. The number of nitriles is 1. The van der Waals surface area contributed by atoms with E-state index in [-0.39, 0.29) is 23.6 Å². The van der Waals surface area contributed by atoms with Crippen molar-refractivity contribution in [1.82, 2.24) is 4.90 Å². The highest BCUT2D eigenvalue weighted by Gasteiger charge is 2.19. The van der Waals surface area contributed by atoms with Gasteiger partial charge in [0.05, 0.1) is 18.3 Å². The molecule has 128 valence electrons. The minimum Gasteiger partial charge on any atom is -0.333 e. The average molecular weight is 345 g/mol. The topological polar surface area (TPSA) is 73.2 Å². The largest absolute Gasteiger partial charge is 0.333 e. The molecule has 0 saturated carbocycles. The Kier molecular flexibility index (Phi) is 7.13. The number of likely N-dealkylation sites (tertiary alicyclic amines) is 1. The van der Waals surface area contributed by atoms with E-state index >= 15 is 0 Å². The lowest BCUT2D eigenvalue weighted by molar-refractivity contribution is -0.134. The summed E-state index contributed by atoms with van der Waals surface area (Å²) in [5, 5.41) is 11.9. The van der Waals surface area contributed by atoms with E-state index in [1.807, 2.05) is 31.2 Å². The van der Waals surface area contributed by atoms with Crippen molar-refractivity contribution < 1.29 is 9.59 Å². The quantitative estimate of drug-likeness (QED) is 0.802. The number of nitrogens with one attached hydrogen (secondary N) is 1. The van der Waals surface area contributed by atoms with E-state index in [1.165, 1.54) is 0 Å². The number of rotatable bonds is 6. The lowest BCUT2D eigenvalue weighted by atomic mass is 10.2. The lowest BCUT2D eigenvalue weighted by Gasteiger charge is -2.20. The summed E-state index contributed by atoms with van der Waals surface area (Å²) in [6, 6.07) is 9.73. The van der Waals surface area contributed by atoms with Crippen LogP contribution in [0.15, 0.2) is 29.2 Å². The van der Waals surface area contributed by atoms with Crippen LogP contribution in [0, 0.1) is 11.3 Å². The van der Waals surface area contributed by atoms with Gasteiger partial charge in [0.1, 0.15) is 0 Å². The number of benzene rings is 1. The number of para-hydroxylation sites is 1. The zero-order valence-corrected chi connectivity index (χ0v) is 14.8. The first-order valence-corrected chi connectivity index (χ1v) is 9.18. The smallest absolute Gasteiger partial charge is 0.244 e. The van der Waals surface area contributed by atoms with E-state index in [0.717, 1.165) is 29.8 Å². The highest BCUT2D eigenvalue weighted by molar-refractivity contribution is 8.00. The van der Waals surface area contributed by atoms with Gasteiger partial charge in [0, 0.05) is 29.5 Å². The first kappa shape index (κ1) is 18.3. The van der Waals surface area contributed by atoms with Crippen LogP contribution in [-0.2, 0) is 9.59 Å². The van der Waals surface area contributed by atoms with Crippen LogP contribution in [0.4, 0.5) is 5.69 Å². The Bertz CT molecular complexity index is 627. The van der Waals surface area contributed by atoms with Gasteiger partial charge in [-0.2, -0.15) is 5.26 Å². The number of hydrogen-bond donors (Lipinski definition) is 1. The minimum atomic E-state index is -0.175. The molecular formula is C18H23N3O2S. The van der Waals surface area contributed by atoms with Gasteiger partial charge in [-0.25, -0.2) is 0 Å². The van der Waals surface area contributed by atoms with Crippen LogP contribution in [0.3, 0.4) is 0 Å². The first-order chi connectivity index (χ1) is 11.6. The summed E-state index contributed by atoms with van der Waals surface area (Å²) >= 11 is 1.57. The Hall–Kier alpha value is -2.00. The van der Waals surface area contributed by atoms with Crippen molar-refractivity contribution in [3.8, 4) is 6.07 Å². The zero-order valence-electron chi connectivity index (χ0n) is 14.0. The van der Waals surface area contributed by atoms with Gasteiger partial charge in [0.2, 0.25) is 11.8 Å². The molecule has 1 fully saturated rings. The van der Waals surface area contributed by atoms with Crippen LogP contribution in [0.25, 0.3) is 0 Å². The predicted octanol–water partition coefficient (Wildman–Crippen LogP) is 3.42. The van der Waals surface area contributed by atoms with Crippen molar-refractivity contribution in [3.63, 3.8) is 0 Å². The van der Waals surface area contributed by atoms with Gasteiger partial charge in [-0.1, -0.05) is 25.5 Å². The van der Waals surface area contributed by atoms with Gasteiger partial charge in [0.25, 0.3) is 0 Å². The molecule has 0 unspecified atom stereocenters. The number of hydrogen-bond acceptors (Lipinski definition) is 4. The SMILES string of the molecule is C[C@@H](CC#N)Sc1ccccc1NC(=O)CN1CCCCCC1=O. The normalized spacial score (nSPS) is 16.2. The fraction of sp³-hybridized carbons (Fsp3) is 0.500. The Morgan fingerprint density at radius 3 is 2.96 bits per heavy atom. The second kappa shape index (κ2) is 9.33. The van der Waals surface area contributed by atoms with Crippen LogP contribution in [-0.4, -0.2) is 35.1 Å². The zero-order chi connectivity index (χ0) is 17.4. The minimum absolute atomic E-state index is 0.0629. The Morgan fingerprint density at radius 1 is 1.38 bits per heavy atom. The monoisotopic (exact) mass is 345 g/mol. The highest BCUT2D eigenvalue weighted by atomic mass is 32.2. The summed E-state index contributed by atoms with van der Waals surface area (Å²) in [5.74, 6) is -0.112. The fourth-order valence-corrected chi connectivity index (χ4v) is 3.62. The van der Waals surface area contributed by atoms with E-state index in [4.69, 9.17) is 5.26 Å². The average Bonchev–Trinajstić information content (AvgIpc) is 2.74. The Balaban J connectivity index is 1.98. The van der Waals surface area contributed by atoms with Crippen molar-refractivity contribution in [2.24, 2.45) is 0 Å². The van der Waals surface area contributed by atoms with Gasteiger partial charge in [-0.05, 0) is 25.0 Å². The van der Waals surface area contributed by atoms with Crippen molar-refractivity contribution in [1.29, 1.82) is 5.26 Å². The third-order valence-electron chi connectivity index (χ3n) is 3.87. The van der Waals surface area contributed by atoms with Gasteiger partial charge in [0.15, 0.2) is 0 Å². The van der Waals surface area contributed by atoms with Crippen molar-refractivity contribution in [3.05, 3.63) is 24.3 Å². The van der Waals surface area contributed by atoms with E-state index in [1.54, 1.807) is 16.7 Å². The molecule has 1 aromatic carbocycles. The van der Waals surface area contributed by atoms with Gasteiger partial charge in [-0.3, -0.25) is 9.59 Å². The van der Waals surface area contributed by atoms with E-state index in [9.17, 15) is 9.59 Å². The Morgan fingerprint density at radius 2 is 2.17 bits per heavy atom. The van der Waals surface area contributed by atoms with E-state index in [2.05, 4.69) is 11.4 Å². The van der Waals surface area contributed by atoms with Crippen LogP contribution in [0.2, 0.25) is 0 Å². The molecule has 0 bridgehead atoms. The van der Waals surface area contributed by atoms with Crippen LogP contribution >= 0.6 is 11.8 Å². The number of anilines is 1. The molecule has 0 radical (unpaired) electrons. The van der Waals surface area contributed by atoms with Crippen LogP contribution < -0.4 is 5.32 Å². The molecule has 1 saturated heterocycles. The molecule has 0 aliphatic carbocycles. The lowest BCUT2D eigenvalue weighted by Crippen LogP contribution is -2.37. The summed E-state index contributed by atoms with van der Waals surface area (Å²) in [5.41, 5.74) is 0.736. The molecule has 1 aliphatic rings. The van der Waals surface area contributed by atoms with Gasteiger partial charge >= 0.3 is 0 Å². The molecule has 0 aromatic heterocycles. The first-order valence-electron chi connectivity index (χ1n) is 8.30. The summed E-state index contributed by atoms with van der Waals surface area (Å²) in [6.45, 7) is 2.75. The molecule has 1 aliphatic heterocycles. The van der Waals surface area contributed by atoms with E-state index < -0.39 is 0 Å². The molecular weight excluding hydrogens is 322 g/mol. The summed E-state index contributed by atoms with van der Waals surface area (Å²) in [7, 11) is 0. The second-order valence-corrected chi connectivity index (χ2v) is 7.44. The van der Waals surface area contributed by atoms with Crippen molar-refractivity contribution in [2.75, 3.05) is 18.4 Å². The molecule has 6 heteroatoms. The van der Waals surface area contributed by atoms with Crippen molar-refractivity contribution >= 4 is 29.3 Å². The third-order valence-corrected chi connectivity index (χ3v) is 5.05. The third kappa shape index (κ3) is 5.57. The van der Waals surface area contributed by atoms with Crippen LogP contribution in [0.5, 0.6) is 0 Å². The molecule has 1 aromatic rings. The maximum absolute atomic E-state index is 12.3. The summed E-state index contributed by atoms with van der Waals surface area (Å²) < 4.78 is 0. The molecule has 1 N–H and O–H groups in total. The molecule has 2 rings (SSSR count). The van der Waals surface area contributed by atoms with Crippen molar-refractivity contribution in [2.45, 2.75) is 49.2 Å². The number of amides is 2. The molecule has 5 nitrogen and oxygen atoms in total. The highest BCUT2D eigenvalue weighted by Crippen LogP contribution is 2.31. The number of carbonyl (C=O) groups excluding carboxylic acids is 2.